The van der Waals surface area contributed by atoms with Gasteiger partial charge in [-0.15, -0.1) is 0 Å². The van der Waals surface area contributed by atoms with Crippen molar-refractivity contribution in [2.24, 2.45) is 0 Å². The molecule has 0 aromatic carbocycles. The summed E-state index contributed by atoms with van der Waals surface area (Å²) in [5, 5.41) is 21.9. The molecule has 1 heterocycles. The van der Waals surface area contributed by atoms with Crippen LogP contribution in [0, 0.1) is 6.92 Å². The van der Waals surface area contributed by atoms with Crippen LogP contribution in [0.2, 0.25) is 0 Å². The fraction of sp³-hybridized carbons (Fsp3) is 0.545. The van der Waals surface area contributed by atoms with Crippen LogP contribution in [0.25, 0.3) is 0 Å². The van der Waals surface area contributed by atoms with Crippen molar-refractivity contribution in [2.75, 3.05) is 6.54 Å². The third kappa shape index (κ3) is 3.85. The molecule has 1 rings (SSSR count). The van der Waals surface area contributed by atoms with Gasteiger partial charge in [-0.3, -0.25) is 4.98 Å². The lowest BCUT2D eigenvalue weighted by molar-refractivity contribution is 0.167. The summed E-state index contributed by atoms with van der Waals surface area (Å²) in [5.74, 6) is 0.194. The fourth-order valence-corrected chi connectivity index (χ4v) is 1.23. The van der Waals surface area contributed by atoms with Gasteiger partial charge in [0.25, 0.3) is 0 Å². The van der Waals surface area contributed by atoms with Crippen molar-refractivity contribution in [1.29, 1.82) is 0 Å². The molecular weight excluding hydrogens is 192 g/mol. The van der Waals surface area contributed by atoms with Crippen molar-refractivity contribution >= 4 is 0 Å². The summed E-state index contributed by atoms with van der Waals surface area (Å²) in [4.78, 5) is 4.20. The monoisotopic (exact) mass is 210 g/mol. The summed E-state index contributed by atoms with van der Waals surface area (Å²) in [7, 11) is 0. The van der Waals surface area contributed by atoms with Crippen molar-refractivity contribution in [1.82, 2.24) is 10.3 Å². The van der Waals surface area contributed by atoms with E-state index >= 15 is 0 Å². The Bertz CT molecular complexity index is 315. The van der Waals surface area contributed by atoms with Crippen molar-refractivity contribution in [3.05, 3.63) is 23.5 Å². The Morgan fingerprint density at radius 1 is 1.47 bits per heavy atom. The van der Waals surface area contributed by atoms with Gasteiger partial charge in [-0.05, 0) is 25.5 Å². The van der Waals surface area contributed by atoms with Crippen LogP contribution in [-0.4, -0.2) is 27.8 Å². The lowest BCUT2D eigenvalue weighted by Crippen LogP contribution is -2.26. The molecule has 1 atom stereocenters. The topological polar surface area (TPSA) is 65.4 Å². The van der Waals surface area contributed by atoms with E-state index in [0.29, 0.717) is 18.8 Å². The summed E-state index contributed by atoms with van der Waals surface area (Å²) in [6.07, 6.45) is 0.386. The molecule has 0 radical (unpaired) electrons. The van der Waals surface area contributed by atoms with E-state index in [-0.39, 0.29) is 11.9 Å². The lowest BCUT2D eigenvalue weighted by Gasteiger charge is -2.10. The number of aliphatic hydroxyl groups excluding tert-OH is 1. The molecule has 4 nitrogen and oxygen atoms in total. The average Bonchev–Trinajstić information content (AvgIpc) is 2.23. The first kappa shape index (κ1) is 11.9. The molecule has 0 aliphatic rings. The van der Waals surface area contributed by atoms with E-state index in [1.54, 1.807) is 12.1 Å². The van der Waals surface area contributed by atoms with Gasteiger partial charge in [-0.1, -0.05) is 6.92 Å². The van der Waals surface area contributed by atoms with Crippen molar-refractivity contribution in [2.45, 2.75) is 32.9 Å². The minimum Gasteiger partial charge on any atom is -0.506 e. The van der Waals surface area contributed by atoms with Gasteiger partial charge in [-0.25, -0.2) is 0 Å². The van der Waals surface area contributed by atoms with Gasteiger partial charge in [0.05, 0.1) is 11.8 Å². The summed E-state index contributed by atoms with van der Waals surface area (Å²) < 4.78 is 0. The lowest BCUT2D eigenvalue weighted by atomic mass is 10.2. The Morgan fingerprint density at radius 3 is 2.87 bits per heavy atom. The standard InChI is InChI=1S/C11H18N2O2/c1-3-9(14)6-12-7-10-11(15)5-4-8(2)13-10/h4-5,9,12,14-15H,3,6-7H2,1-2H3. The highest BCUT2D eigenvalue weighted by Crippen LogP contribution is 2.13. The predicted octanol–water partition coefficient (Wildman–Crippen LogP) is 0.956. The highest BCUT2D eigenvalue weighted by Gasteiger charge is 2.04. The molecule has 0 bridgehead atoms. The molecule has 0 aliphatic heterocycles. The molecule has 1 aromatic heterocycles. The number of aliphatic hydroxyl groups is 1. The van der Waals surface area contributed by atoms with Gasteiger partial charge in [0.2, 0.25) is 0 Å². The zero-order valence-corrected chi connectivity index (χ0v) is 9.20. The molecule has 15 heavy (non-hydrogen) atoms. The highest BCUT2D eigenvalue weighted by atomic mass is 16.3. The quantitative estimate of drug-likeness (QED) is 0.677. The fourth-order valence-electron chi connectivity index (χ4n) is 1.23. The van der Waals surface area contributed by atoms with Crippen LogP contribution >= 0.6 is 0 Å². The number of nitrogens with zero attached hydrogens (tertiary/aromatic N) is 1. The Balaban J connectivity index is 2.46. The second kappa shape index (κ2) is 5.68. The number of hydrogen-bond donors (Lipinski definition) is 3. The van der Waals surface area contributed by atoms with Crippen LogP contribution < -0.4 is 5.32 Å². The Hall–Kier alpha value is -1.13. The van der Waals surface area contributed by atoms with Crippen molar-refractivity contribution < 1.29 is 10.2 Å². The van der Waals surface area contributed by atoms with Crippen molar-refractivity contribution in [3.63, 3.8) is 0 Å². The van der Waals surface area contributed by atoms with Crippen LogP contribution in [0.1, 0.15) is 24.7 Å². The zero-order chi connectivity index (χ0) is 11.3. The van der Waals surface area contributed by atoms with Crippen LogP contribution in [0.5, 0.6) is 5.75 Å². The van der Waals surface area contributed by atoms with Gasteiger partial charge < -0.3 is 15.5 Å². The van der Waals surface area contributed by atoms with E-state index in [1.165, 1.54) is 0 Å². The van der Waals surface area contributed by atoms with Crippen LogP contribution in [-0.2, 0) is 6.54 Å². The van der Waals surface area contributed by atoms with Crippen molar-refractivity contribution in [3.8, 4) is 5.75 Å². The average molecular weight is 210 g/mol. The van der Waals surface area contributed by atoms with Crippen LogP contribution in [0.3, 0.4) is 0 Å². The van der Waals surface area contributed by atoms with E-state index < -0.39 is 0 Å². The normalized spacial score (nSPS) is 12.7. The number of rotatable bonds is 5. The molecule has 0 fully saturated rings. The first-order valence-electron chi connectivity index (χ1n) is 5.17. The van der Waals surface area contributed by atoms with E-state index in [4.69, 9.17) is 0 Å². The van der Waals surface area contributed by atoms with Crippen LogP contribution in [0.15, 0.2) is 12.1 Å². The molecule has 0 amide bonds. The minimum absolute atomic E-state index is 0.194. The van der Waals surface area contributed by atoms with E-state index in [2.05, 4.69) is 10.3 Å². The molecule has 3 N–H and O–H groups in total. The second-order valence-electron chi connectivity index (χ2n) is 3.61. The molecule has 1 unspecified atom stereocenters. The number of aromatic nitrogens is 1. The third-order valence-corrected chi connectivity index (χ3v) is 2.23. The molecule has 4 heteroatoms. The Morgan fingerprint density at radius 2 is 2.20 bits per heavy atom. The maximum absolute atomic E-state index is 9.49. The van der Waals surface area contributed by atoms with Gasteiger partial charge in [-0.2, -0.15) is 0 Å². The second-order valence-corrected chi connectivity index (χ2v) is 3.61. The molecule has 0 aliphatic carbocycles. The molecule has 0 spiro atoms. The molecule has 1 aromatic rings. The molecular formula is C11H18N2O2. The molecule has 0 saturated heterocycles. The molecule has 84 valence electrons. The predicted molar refractivity (Wildman–Crippen MR) is 58.6 cm³/mol. The number of aromatic hydroxyl groups is 1. The van der Waals surface area contributed by atoms with E-state index in [0.717, 1.165) is 12.1 Å². The summed E-state index contributed by atoms with van der Waals surface area (Å²) in [5.41, 5.74) is 1.50. The number of nitrogens with one attached hydrogen (secondary N) is 1. The number of aryl methyl sites for hydroxylation is 1. The Labute approximate surface area is 90.0 Å². The van der Waals surface area contributed by atoms with E-state index in [9.17, 15) is 10.2 Å². The zero-order valence-electron chi connectivity index (χ0n) is 9.20. The summed E-state index contributed by atoms with van der Waals surface area (Å²) in [6, 6.07) is 3.40. The molecule has 0 saturated carbocycles. The van der Waals surface area contributed by atoms with Gasteiger partial charge in [0.1, 0.15) is 5.75 Å². The summed E-state index contributed by atoms with van der Waals surface area (Å²) >= 11 is 0. The largest absolute Gasteiger partial charge is 0.506 e. The smallest absolute Gasteiger partial charge is 0.138 e. The number of hydrogen-bond acceptors (Lipinski definition) is 4. The summed E-state index contributed by atoms with van der Waals surface area (Å²) in [6.45, 7) is 4.80. The third-order valence-electron chi connectivity index (χ3n) is 2.23. The SMILES string of the molecule is CCC(O)CNCc1nc(C)ccc1O. The minimum atomic E-state index is -0.336. The van der Waals surface area contributed by atoms with Gasteiger partial charge >= 0.3 is 0 Å². The maximum Gasteiger partial charge on any atom is 0.138 e. The van der Waals surface area contributed by atoms with E-state index in [1.807, 2.05) is 13.8 Å². The first-order chi connectivity index (χ1) is 7.13. The number of pyridine rings is 1. The first-order valence-corrected chi connectivity index (χ1v) is 5.17. The highest BCUT2D eigenvalue weighted by molar-refractivity contribution is 5.27. The van der Waals surface area contributed by atoms with Gasteiger partial charge in [0.15, 0.2) is 0 Å². The Kier molecular flexibility index (Phi) is 4.52. The van der Waals surface area contributed by atoms with Gasteiger partial charge in [0, 0.05) is 18.8 Å². The van der Waals surface area contributed by atoms with Crippen LogP contribution in [0.4, 0.5) is 0 Å². The maximum atomic E-state index is 9.49.